The lowest BCUT2D eigenvalue weighted by molar-refractivity contribution is -0.140. The van der Waals surface area contributed by atoms with Gasteiger partial charge in [0.05, 0.1) is 0 Å². The summed E-state index contributed by atoms with van der Waals surface area (Å²) in [6.07, 6.45) is 4.39. The number of carbonyl (C=O) groups excluding carboxylic acids is 2. The molecule has 0 spiro atoms. The highest BCUT2D eigenvalue weighted by Gasteiger charge is 2.36. The third-order valence-corrected chi connectivity index (χ3v) is 5.06. The number of nitrogens with one attached hydrogen (secondary N) is 2. The lowest BCUT2D eigenvalue weighted by atomic mass is 9.81. The van der Waals surface area contributed by atoms with E-state index < -0.39 is 0 Å². The van der Waals surface area contributed by atoms with Crippen molar-refractivity contribution < 1.29 is 9.59 Å². The third-order valence-electron chi connectivity index (χ3n) is 5.06. The van der Waals surface area contributed by atoms with Gasteiger partial charge in [0.2, 0.25) is 11.8 Å². The van der Waals surface area contributed by atoms with Crippen LogP contribution < -0.4 is 10.6 Å². The molecule has 2 N–H and O–H groups in total. The molecule has 2 amide bonds. The van der Waals surface area contributed by atoms with E-state index in [1.165, 1.54) is 0 Å². The van der Waals surface area contributed by atoms with Crippen LogP contribution in [0.5, 0.6) is 0 Å². The van der Waals surface area contributed by atoms with E-state index in [1.807, 2.05) is 0 Å². The molecule has 0 aromatic rings. The fraction of sp³-hybridized carbons (Fsp3) is 0.889. The van der Waals surface area contributed by atoms with Crippen LogP contribution in [0, 0.1) is 10.8 Å². The lowest BCUT2D eigenvalue weighted by Crippen LogP contribution is -2.50. The lowest BCUT2D eigenvalue weighted by Gasteiger charge is -2.35. The van der Waals surface area contributed by atoms with Crippen LogP contribution in [0.25, 0.3) is 0 Å². The van der Waals surface area contributed by atoms with Gasteiger partial charge in [0.25, 0.3) is 0 Å². The maximum atomic E-state index is 12.6. The minimum Gasteiger partial charge on any atom is -0.354 e. The third kappa shape index (κ3) is 5.20. The van der Waals surface area contributed by atoms with Crippen LogP contribution >= 0.6 is 0 Å². The second-order valence-corrected chi connectivity index (χ2v) is 8.76. The van der Waals surface area contributed by atoms with E-state index in [1.54, 1.807) is 4.90 Å². The molecule has 2 rings (SSSR count). The summed E-state index contributed by atoms with van der Waals surface area (Å²) in [5.74, 6) is 0.146. The predicted octanol–water partition coefficient (Wildman–Crippen LogP) is 1.92. The van der Waals surface area contributed by atoms with E-state index >= 15 is 0 Å². The number of hydrogen-bond donors (Lipinski definition) is 2. The van der Waals surface area contributed by atoms with Crippen molar-refractivity contribution in [2.45, 2.75) is 65.8 Å². The molecule has 2 aliphatic heterocycles. The summed E-state index contributed by atoms with van der Waals surface area (Å²) >= 11 is 0. The van der Waals surface area contributed by atoms with Crippen LogP contribution in [0.3, 0.4) is 0 Å². The minimum atomic E-state index is -0.268. The molecule has 0 aromatic heterocycles. The van der Waals surface area contributed by atoms with Crippen molar-refractivity contribution in [2.75, 3.05) is 26.2 Å². The first-order valence-electron chi connectivity index (χ1n) is 8.98. The topological polar surface area (TPSA) is 61.4 Å². The van der Waals surface area contributed by atoms with Crippen LogP contribution in [-0.4, -0.2) is 48.9 Å². The highest BCUT2D eigenvalue weighted by molar-refractivity contribution is 5.88. The van der Waals surface area contributed by atoms with E-state index in [-0.39, 0.29) is 28.7 Å². The zero-order valence-electron chi connectivity index (χ0n) is 15.2. The van der Waals surface area contributed by atoms with Gasteiger partial charge >= 0.3 is 0 Å². The SMILES string of the molecule is CC(C)(C)CC(=O)N1CCCC1C(=O)NCC1(C)CCNCC1. The van der Waals surface area contributed by atoms with Gasteiger partial charge in [-0.15, -0.1) is 0 Å². The van der Waals surface area contributed by atoms with Gasteiger partial charge in [0, 0.05) is 19.5 Å². The number of likely N-dealkylation sites (tertiary alicyclic amines) is 1. The number of nitrogens with zero attached hydrogens (tertiary/aromatic N) is 1. The molecule has 2 aliphatic rings. The summed E-state index contributed by atoms with van der Waals surface area (Å²) in [6, 6.07) is -0.268. The largest absolute Gasteiger partial charge is 0.354 e. The van der Waals surface area contributed by atoms with E-state index in [2.05, 4.69) is 38.3 Å². The van der Waals surface area contributed by atoms with Gasteiger partial charge in [-0.3, -0.25) is 9.59 Å². The first-order chi connectivity index (χ1) is 10.7. The van der Waals surface area contributed by atoms with Crippen molar-refractivity contribution in [1.82, 2.24) is 15.5 Å². The molecule has 0 aromatic carbocycles. The summed E-state index contributed by atoms with van der Waals surface area (Å²) in [4.78, 5) is 26.9. The first-order valence-corrected chi connectivity index (χ1v) is 8.98. The summed E-state index contributed by atoms with van der Waals surface area (Å²) in [6.45, 7) is 11.9. The summed E-state index contributed by atoms with van der Waals surface area (Å²) in [5, 5.41) is 6.48. The number of amides is 2. The highest BCUT2D eigenvalue weighted by atomic mass is 16.2. The Morgan fingerprint density at radius 1 is 1.26 bits per heavy atom. The molecule has 0 bridgehead atoms. The zero-order chi connectivity index (χ0) is 17.1. The number of piperidine rings is 1. The van der Waals surface area contributed by atoms with E-state index in [0.717, 1.165) is 38.8 Å². The van der Waals surface area contributed by atoms with Gasteiger partial charge in [0.15, 0.2) is 0 Å². The first kappa shape index (κ1) is 18.2. The Kier molecular flexibility index (Phi) is 5.71. The standard InChI is InChI=1S/C18H33N3O2/c1-17(2,3)12-15(22)21-11-5-6-14(21)16(23)20-13-18(4)7-9-19-10-8-18/h14,19H,5-13H2,1-4H3,(H,20,23). The quantitative estimate of drug-likeness (QED) is 0.831. The average Bonchev–Trinajstić information content (AvgIpc) is 2.93. The average molecular weight is 323 g/mol. The van der Waals surface area contributed by atoms with E-state index in [4.69, 9.17) is 0 Å². The summed E-state index contributed by atoms with van der Waals surface area (Å²) < 4.78 is 0. The van der Waals surface area contributed by atoms with Crippen molar-refractivity contribution in [3.63, 3.8) is 0 Å². The van der Waals surface area contributed by atoms with Gasteiger partial charge < -0.3 is 15.5 Å². The van der Waals surface area contributed by atoms with Crippen LogP contribution in [0.1, 0.15) is 59.8 Å². The summed E-state index contributed by atoms with van der Waals surface area (Å²) in [5.41, 5.74) is 0.142. The molecule has 0 saturated carbocycles. The molecule has 2 saturated heterocycles. The normalized spacial score (nSPS) is 24.5. The number of rotatable bonds is 4. The van der Waals surface area contributed by atoms with Crippen molar-refractivity contribution in [3.8, 4) is 0 Å². The molecule has 5 nitrogen and oxygen atoms in total. The maximum Gasteiger partial charge on any atom is 0.242 e. The van der Waals surface area contributed by atoms with Gasteiger partial charge in [0.1, 0.15) is 6.04 Å². The van der Waals surface area contributed by atoms with Gasteiger partial charge in [-0.05, 0) is 49.6 Å². The van der Waals surface area contributed by atoms with Crippen molar-refractivity contribution in [3.05, 3.63) is 0 Å². The fourth-order valence-corrected chi connectivity index (χ4v) is 3.52. The molecule has 2 fully saturated rings. The van der Waals surface area contributed by atoms with Crippen molar-refractivity contribution >= 4 is 11.8 Å². The molecule has 5 heteroatoms. The Bertz CT molecular complexity index is 436. The van der Waals surface area contributed by atoms with Crippen LogP contribution in [0.15, 0.2) is 0 Å². The fourth-order valence-electron chi connectivity index (χ4n) is 3.52. The number of hydrogen-bond acceptors (Lipinski definition) is 3. The zero-order valence-corrected chi connectivity index (χ0v) is 15.2. The predicted molar refractivity (Wildman–Crippen MR) is 92.0 cm³/mol. The molecule has 23 heavy (non-hydrogen) atoms. The molecule has 1 unspecified atom stereocenters. The smallest absolute Gasteiger partial charge is 0.242 e. The molecule has 132 valence electrons. The Labute approximate surface area is 140 Å². The van der Waals surface area contributed by atoms with Crippen molar-refractivity contribution in [1.29, 1.82) is 0 Å². The monoisotopic (exact) mass is 323 g/mol. The summed E-state index contributed by atoms with van der Waals surface area (Å²) in [7, 11) is 0. The van der Waals surface area contributed by atoms with E-state index in [9.17, 15) is 9.59 Å². The second-order valence-electron chi connectivity index (χ2n) is 8.76. The van der Waals surface area contributed by atoms with E-state index in [0.29, 0.717) is 19.5 Å². The van der Waals surface area contributed by atoms with Gasteiger partial charge in [-0.2, -0.15) is 0 Å². The Morgan fingerprint density at radius 3 is 2.52 bits per heavy atom. The molecular weight excluding hydrogens is 290 g/mol. The molecule has 1 atom stereocenters. The molecule has 0 aliphatic carbocycles. The minimum absolute atomic E-state index is 0.0320. The highest BCUT2D eigenvalue weighted by Crippen LogP contribution is 2.28. The van der Waals surface area contributed by atoms with Crippen LogP contribution in [-0.2, 0) is 9.59 Å². The van der Waals surface area contributed by atoms with Crippen molar-refractivity contribution in [2.24, 2.45) is 10.8 Å². The van der Waals surface area contributed by atoms with Crippen LogP contribution in [0.2, 0.25) is 0 Å². The van der Waals surface area contributed by atoms with Crippen LogP contribution in [0.4, 0.5) is 0 Å². The Balaban J connectivity index is 1.88. The molecule has 2 heterocycles. The Morgan fingerprint density at radius 2 is 1.91 bits per heavy atom. The van der Waals surface area contributed by atoms with Gasteiger partial charge in [-0.25, -0.2) is 0 Å². The maximum absolute atomic E-state index is 12.6. The number of carbonyl (C=O) groups is 2. The second kappa shape index (κ2) is 7.20. The molecule has 0 radical (unpaired) electrons. The Hall–Kier alpha value is -1.10. The molecular formula is C18H33N3O2. The van der Waals surface area contributed by atoms with Gasteiger partial charge in [-0.1, -0.05) is 27.7 Å².